The average Bonchev–Trinajstić information content (AvgIpc) is 2.27. The van der Waals surface area contributed by atoms with Gasteiger partial charge in [-0.15, -0.1) is 0 Å². The molecule has 0 radical (unpaired) electrons. The van der Waals surface area contributed by atoms with E-state index in [0.717, 1.165) is 11.3 Å². The Labute approximate surface area is 78.4 Å². The number of fused-ring (bicyclic) bond motifs is 1. The van der Waals surface area contributed by atoms with Crippen LogP contribution in [0.1, 0.15) is 5.69 Å². The molecule has 0 aromatic carbocycles. The van der Waals surface area contributed by atoms with E-state index < -0.39 is 0 Å². The van der Waals surface area contributed by atoms with Crippen LogP contribution in [-0.2, 0) is 0 Å². The van der Waals surface area contributed by atoms with Crippen LogP contribution in [0.2, 0.25) is 0 Å². The van der Waals surface area contributed by atoms with Gasteiger partial charge in [0.05, 0.1) is 0 Å². The standard InChI is InChI=1S/C8H7IN2/c1-6-2-3-11-5-7(9)4-8(11)10-6/h2-5H,1H3. The summed E-state index contributed by atoms with van der Waals surface area (Å²) >= 11 is 2.28. The van der Waals surface area contributed by atoms with Crippen LogP contribution >= 0.6 is 22.6 Å². The van der Waals surface area contributed by atoms with Crippen LogP contribution in [0.25, 0.3) is 5.65 Å². The molecule has 2 aromatic heterocycles. The molecule has 0 aliphatic heterocycles. The van der Waals surface area contributed by atoms with Crippen molar-refractivity contribution < 1.29 is 0 Å². The van der Waals surface area contributed by atoms with Crippen molar-refractivity contribution in [2.45, 2.75) is 6.92 Å². The van der Waals surface area contributed by atoms with Crippen LogP contribution in [0.15, 0.2) is 24.5 Å². The van der Waals surface area contributed by atoms with Crippen molar-refractivity contribution in [2.24, 2.45) is 0 Å². The maximum atomic E-state index is 4.35. The van der Waals surface area contributed by atoms with Crippen LogP contribution in [0.3, 0.4) is 0 Å². The third-order valence-electron chi connectivity index (χ3n) is 1.56. The summed E-state index contributed by atoms with van der Waals surface area (Å²) in [5, 5.41) is 0. The number of hydrogen-bond acceptors (Lipinski definition) is 1. The molecule has 0 aliphatic carbocycles. The summed E-state index contributed by atoms with van der Waals surface area (Å²) in [6, 6.07) is 4.07. The van der Waals surface area contributed by atoms with Crippen LogP contribution in [0, 0.1) is 10.5 Å². The van der Waals surface area contributed by atoms with Crippen molar-refractivity contribution >= 4 is 28.2 Å². The van der Waals surface area contributed by atoms with Gasteiger partial charge < -0.3 is 4.40 Å². The zero-order valence-electron chi connectivity index (χ0n) is 6.08. The van der Waals surface area contributed by atoms with Crippen LogP contribution in [0.4, 0.5) is 0 Å². The Morgan fingerprint density at radius 3 is 3.18 bits per heavy atom. The molecule has 0 aliphatic rings. The molecule has 0 N–H and O–H groups in total. The minimum atomic E-state index is 1.02. The first-order chi connectivity index (χ1) is 5.25. The van der Waals surface area contributed by atoms with E-state index in [1.54, 1.807) is 0 Å². The molecule has 2 aromatic rings. The lowest BCUT2D eigenvalue weighted by atomic mass is 10.4. The minimum Gasteiger partial charge on any atom is -0.307 e. The maximum Gasteiger partial charge on any atom is 0.137 e. The summed E-state index contributed by atoms with van der Waals surface area (Å²) in [5.74, 6) is 0. The van der Waals surface area contributed by atoms with Crippen LogP contribution in [-0.4, -0.2) is 9.38 Å². The van der Waals surface area contributed by atoms with E-state index in [2.05, 4.69) is 39.8 Å². The van der Waals surface area contributed by atoms with Gasteiger partial charge in [0.1, 0.15) is 5.65 Å². The second kappa shape index (κ2) is 2.48. The normalized spacial score (nSPS) is 10.7. The van der Waals surface area contributed by atoms with Gasteiger partial charge in [0, 0.05) is 21.7 Å². The quantitative estimate of drug-likeness (QED) is 0.662. The molecular formula is C8H7IN2. The van der Waals surface area contributed by atoms with Gasteiger partial charge in [-0.1, -0.05) is 0 Å². The van der Waals surface area contributed by atoms with Gasteiger partial charge in [0.25, 0.3) is 0 Å². The molecule has 11 heavy (non-hydrogen) atoms. The van der Waals surface area contributed by atoms with Gasteiger partial charge in [0.15, 0.2) is 0 Å². The number of aryl methyl sites for hydroxylation is 1. The first kappa shape index (κ1) is 7.09. The molecule has 0 atom stereocenters. The lowest BCUT2D eigenvalue weighted by Gasteiger charge is -1.93. The highest BCUT2D eigenvalue weighted by atomic mass is 127. The molecule has 0 bridgehead atoms. The van der Waals surface area contributed by atoms with E-state index in [-0.39, 0.29) is 0 Å². The highest BCUT2D eigenvalue weighted by Gasteiger charge is 1.96. The van der Waals surface area contributed by atoms with Gasteiger partial charge in [-0.25, -0.2) is 4.98 Å². The summed E-state index contributed by atoms with van der Waals surface area (Å²) < 4.78 is 3.25. The van der Waals surface area contributed by atoms with Gasteiger partial charge >= 0.3 is 0 Å². The topological polar surface area (TPSA) is 17.3 Å². The van der Waals surface area contributed by atoms with Crippen molar-refractivity contribution in [1.29, 1.82) is 0 Å². The van der Waals surface area contributed by atoms with Gasteiger partial charge in [-0.2, -0.15) is 0 Å². The minimum absolute atomic E-state index is 1.02. The summed E-state index contributed by atoms with van der Waals surface area (Å²) in [4.78, 5) is 4.35. The highest BCUT2D eigenvalue weighted by Crippen LogP contribution is 2.09. The second-order valence-corrected chi connectivity index (χ2v) is 3.74. The molecular weight excluding hydrogens is 251 g/mol. The molecule has 0 amide bonds. The fourth-order valence-corrected chi connectivity index (χ4v) is 1.63. The Morgan fingerprint density at radius 2 is 2.36 bits per heavy atom. The summed E-state index contributed by atoms with van der Waals surface area (Å²) in [6.45, 7) is 2.00. The highest BCUT2D eigenvalue weighted by molar-refractivity contribution is 14.1. The third-order valence-corrected chi connectivity index (χ3v) is 2.15. The fourth-order valence-electron chi connectivity index (χ4n) is 1.05. The van der Waals surface area contributed by atoms with E-state index in [9.17, 15) is 0 Å². The van der Waals surface area contributed by atoms with E-state index in [4.69, 9.17) is 0 Å². The predicted molar refractivity (Wildman–Crippen MR) is 52.6 cm³/mol. The Balaban J connectivity index is 2.82. The van der Waals surface area contributed by atoms with Crippen molar-refractivity contribution in [3.8, 4) is 0 Å². The Bertz CT molecular complexity index is 392. The number of hydrogen-bond donors (Lipinski definition) is 0. The lowest BCUT2D eigenvalue weighted by Crippen LogP contribution is -1.86. The van der Waals surface area contributed by atoms with Gasteiger partial charge in [0.2, 0.25) is 0 Å². The SMILES string of the molecule is Cc1ccn2cc(I)cc2n1. The van der Waals surface area contributed by atoms with E-state index in [1.807, 2.05) is 23.6 Å². The summed E-state index contributed by atoms with van der Waals surface area (Å²) in [6.07, 6.45) is 4.09. The maximum absolute atomic E-state index is 4.35. The lowest BCUT2D eigenvalue weighted by molar-refractivity contribution is 1.09. The Kier molecular flexibility index (Phi) is 1.60. The van der Waals surface area contributed by atoms with Crippen molar-refractivity contribution in [2.75, 3.05) is 0 Å². The molecule has 2 rings (SSSR count). The van der Waals surface area contributed by atoms with Crippen LogP contribution < -0.4 is 0 Å². The number of rotatable bonds is 0. The Hall–Kier alpha value is -0.580. The third kappa shape index (κ3) is 1.24. The van der Waals surface area contributed by atoms with Crippen LogP contribution in [0.5, 0.6) is 0 Å². The van der Waals surface area contributed by atoms with Crippen molar-refractivity contribution in [3.63, 3.8) is 0 Å². The molecule has 0 saturated heterocycles. The second-order valence-electron chi connectivity index (χ2n) is 2.49. The molecule has 2 nitrogen and oxygen atoms in total. The predicted octanol–water partition coefficient (Wildman–Crippen LogP) is 2.25. The van der Waals surface area contributed by atoms with Gasteiger partial charge in [-0.3, -0.25) is 0 Å². The monoisotopic (exact) mass is 258 g/mol. The number of aromatic nitrogens is 2. The summed E-state index contributed by atoms with van der Waals surface area (Å²) in [5.41, 5.74) is 2.08. The average molecular weight is 258 g/mol. The summed E-state index contributed by atoms with van der Waals surface area (Å²) in [7, 11) is 0. The molecule has 0 fully saturated rings. The largest absolute Gasteiger partial charge is 0.307 e. The first-order valence-corrected chi connectivity index (χ1v) is 4.44. The van der Waals surface area contributed by atoms with Crippen molar-refractivity contribution in [1.82, 2.24) is 9.38 Å². The smallest absolute Gasteiger partial charge is 0.137 e. The fraction of sp³-hybridized carbons (Fsp3) is 0.125. The molecule has 0 saturated carbocycles. The van der Waals surface area contributed by atoms with Gasteiger partial charge in [-0.05, 0) is 41.6 Å². The zero-order valence-corrected chi connectivity index (χ0v) is 8.24. The first-order valence-electron chi connectivity index (χ1n) is 3.36. The van der Waals surface area contributed by atoms with E-state index >= 15 is 0 Å². The molecule has 56 valence electrons. The zero-order chi connectivity index (χ0) is 7.84. The molecule has 3 heteroatoms. The van der Waals surface area contributed by atoms with E-state index in [1.165, 1.54) is 3.57 Å². The Morgan fingerprint density at radius 1 is 1.55 bits per heavy atom. The molecule has 0 unspecified atom stereocenters. The number of nitrogens with zero attached hydrogens (tertiary/aromatic N) is 2. The molecule has 2 heterocycles. The van der Waals surface area contributed by atoms with E-state index in [0.29, 0.717) is 0 Å². The van der Waals surface area contributed by atoms with Crippen molar-refractivity contribution in [3.05, 3.63) is 33.8 Å². The molecule has 0 spiro atoms. The number of halogens is 1.